The minimum atomic E-state index is -1.23. The van der Waals surface area contributed by atoms with Crippen LogP contribution >= 0.6 is 0 Å². The summed E-state index contributed by atoms with van der Waals surface area (Å²) in [6.07, 6.45) is -0.806. The maximum Gasteiger partial charge on any atom is 0.143 e. The summed E-state index contributed by atoms with van der Waals surface area (Å²) < 4.78 is 284. The highest BCUT2D eigenvalue weighted by Gasteiger charge is 2.25. The van der Waals surface area contributed by atoms with Gasteiger partial charge in [-0.3, -0.25) is 4.98 Å². The van der Waals surface area contributed by atoms with Crippen LogP contribution in [0.1, 0.15) is 42.5 Å². The first-order valence-corrected chi connectivity index (χ1v) is 15.4. The van der Waals surface area contributed by atoms with E-state index in [1.807, 2.05) is 0 Å². The molecule has 0 aliphatic heterocycles. The van der Waals surface area contributed by atoms with Crippen LogP contribution in [0.2, 0.25) is 0 Å². The second kappa shape index (κ2) is 12.9. The van der Waals surface area contributed by atoms with Gasteiger partial charge in [0.1, 0.15) is 11.5 Å². The van der Waals surface area contributed by atoms with Crippen LogP contribution in [0.15, 0.2) is 198 Å². The number of hydrogen-bond acceptors (Lipinski definition) is 3. The van der Waals surface area contributed by atoms with Gasteiger partial charge in [0.2, 0.25) is 0 Å². The lowest BCUT2D eigenvalue weighted by molar-refractivity contribution is 0.599. The number of aromatic nitrogens is 2. The molecule has 10 aromatic rings. The second-order valence-electron chi connectivity index (χ2n) is 11.0. The van der Waals surface area contributed by atoms with E-state index in [1.54, 1.807) is 0 Å². The normalized spacial score (nSPS) is 19.6. The van der Waals surface area contributed by atoms with Gasteiger partial charge in [0, 0.05) is 44.8 Å². The van der Waals surface area contributed by atoms with Crippen molar-refractivity contribution >= 4 is 32.6 Å². The molecule has 248 valence electrons. The molecule has 0 fully saturated rings. The van der Waals surface area contributed by atoms with Crippen molar-refractivity contribution in [3.05, 3.63) is 194 Å². The Kier molecular flexibility index (Phi) is 3.05. The van der Waals surface area contributed by atoms with Crippen LogP contribution in [0.5, 0.6) is 0 Å². The molecular weight excluding hydrogens is 645 g/mol. The molecule has 0 amide bonds. The summed E-state index contributed by atoms with van der Waals surface area (Å²) in [6, 6.07) is -29.2. The average Bonchev–Trinajstić information content (AvgIpc) is 1.11. The van der Waals surface area contributed by atoms with Gasteiger partial charge in [0.15, 0.2) is 0 Å². The minimum absolute atomic E-state index is 0.479. The van der Waals surface area contributed by atoms with Crippen LogP contribution in [-0.2, 0) is 0 Å². The largest absolute Gasteiger partial charge is 0.455 e. The first-order valence-electron chi connectivity index (χ1n) is 30.9. The number of fused-ring (bicyclic) bond motifs is 4. The number of furan rings is 1. The lowest BCUT2D eigenvalue weighted by atomic mass is 9.89. The van der Waals surface area contributed by atoms with Crippen molar-refractivity contribution in [2.45, 2.75) is 0 Å². The van der Waals surface area contributed by atoms with Crippen LogP contribution in [-0.4, -0.2) is 9.97 Å². The zero-order valence-corrected chi connectivity index (χ0v) is 26.4. The molecular formula is C50H32N2O. The van der Waals surface area contributed by atoms with E-state index >= 15 is 0 Å². The molecule has 3 heterocycles. The second-order valence-corrected chi connectivity index (χ2v) is 11.0. The van der Waals surface area contributed by atoms with E-state index in [0.29, 0.717) is 0 Å². The molecule has 0 saturated carbocycles. The monoisotopic (exact) mass is 707 g/mol. The predicted molar refractivity (Wildman–Crippen MR) is 219 cm³/mol. The van der Waals surface area contributed by atoms with E-state index in [-0.39, 0.29) is 0 Å². The number of hydrogen-bond donors (Lipinski definition) is 0. The van der Waals surface area contributed by atoms with Crippen molar-refractivity contribution in [1.82, 2.24) is 9.97 Å². The van der Waals surface area contributed by atoms with Crippen molar-refractivity contribution in [2.75, 3.05) is 0 Å². The molecule has 0 saturated heterocycles. The fraction of sp³-hybridized carbons (Fsp3) is 0. The Bertz CT molecular complexity index is 4690. The SMILES string of the molecule is [2H]c1cc(-c2oc(-c3c([2H])c([2H])c([2H])c([2H])c3[2H])c(-c3c([2H])c([2H])c([2H])c([2H])c3[2H])c2-c2c([2H])c([2H])c([2H])c(-c3c([2H])c([2H])c(-c4nc5c(c([2H])c4[2H])c([2H])c([2H])c4c([2H])c([2H])c([2H])nc45)c4c([2H])c([2H])c([2H])c([2H])c34)c2[2H])c([2H])c([2H])c1[2H]. The Balaban J connectivity index is 1.45. The number of nitrogens with zero attached hydrogens (tertiary/aromatic N) is 2. The quantitative estimate of drug-likeness (QED) is 0.162. The highest BCUT2D eigenvalue weighted by Crippen LogP contribution is 2.49. The summed E-state index contributed by atoms with van der Waals surface area (Å²) in [4.78, 5) is 8.46. The summed E-state index contributed by atoms with van der Waals surface area (Å²) in [5.41, 5.74) is -9.97. The van der Waals surface area contributed by atoms with E-state index in [0.717, 1.165) is 6.07 Å². The van der Waals surface area contributed by atoms with Crippen LogP contribution in [0.4, 0.5) is 0 Å². The van der Waals surface area contributed by atoms with E-state index in [1.165, 1.54) is 0 Å². The molecule has 3 aromatic heterocycles. The number of pyridine rings is 2. The smallest absolute Gasteiger partial charge is 0.143 e. The predicted octanol–water partition coefficient (Wildman–Crippen LogP) is 13.5. The maximum absolute atomic E-state index is 10.1. The van der Waals surface area contributed by atoms with Crippen molar-refractivity contribution in [3.8, 4) is 67.3 Å². The fourth-order valence-electron chi connectivity index (χ4n) is 5.74. The Morgan fingerprint density at radius 2 is 1.00 bits per heavy atom. The fourth-order valence-corrected chi connectivity index (χ4v) is 5.74. The topological polar surface area (TPSA) is 38.9 Å². The molecule has 3 nitrogen and oxygen atoms in total. The lowest BCUT2D eigenvalue weighted by Crippen LogP contribution is -1.91. The molecule has 0 aliphatic carbocycles. The van der Waals surface area contributed by atoms with Crippen LogP contribution in [0, 0.1) is 0 Å². The van der Waals surface area contributed by atoms with E-state index in [9.17, 15) is 15.1 Å². The van der Waals surface area contributed by atoms with Gasteiger partial charge >= 0.3 is 0 Å². The highest BCUT2D eigenvalue weighted by atomic mass is 16.3. The van der Waals surface area contributed by atoms with E-state index in [4.69, 9.17) is 31.8 Å². The average molecular weight is 708 g/mol. The van der Waals surface area contributed by atoms with Crippen LogP contribution < -0.4 is 0 Å². The van der Waals surface area contributed by atoms with Crippen LogP contribution in [0.25, 0.3) is 99.9 Å². The van der Waals surface area contributed by atoms with Gasteiger partial charge < -0.3 is 4.42 Å². The van der Waals surface area contributed by atoms with E-state index in [2.05, 4.69) is 9.97 Å². The third kappa shape index (κ3) is 5.38. The molecule has 0 atom stereocenters. The van der Waals surface area contributed by atoms with Crippen LogP contribution in [0.3, 0.4) is 0 Å². The summed E-state index contributed by atoms with van der Waals surface area (Å²) in [6.45, 7) is 0. The summed E-state index contributed by atoms with van der Waals surface area (Å²) in [5, 5.41) is -2.64. The Morgan fingerprint density at radius 3 is 1.81 bits per heavy atom. The molecule has 3 heteroatoms. The van der Waals surface area contributed by atoms with Gasteiger partial charge in [-0.15, -0.1) is 0 Å². The molecule has 0 aliphatic rings. The zero-order chi connectivity index (χ0) is 62.1. The van der Waals surface area contributed by atoms with Gasteiger partial charge in [-0.1, -0.05) is 169 Å². The Hall–Kier alpha value is -7.10. The maximum atomic E-state index is 10.1. The molecule has 0 unspecified atom stereocenters. The molecule has 7 aromatic carbocycles. The van der Waals surface area contributed by atoms with Gasteiger partial charge in [-0.2, -0.15) is 0 Å². The molecule has 0 spiro atoms. The van der Waals surface area contributed by atoms with Crippen molar-refractivity contribution in [3.63, 3.8) is 0 Å². The molecule has 0 N–H and O–H groups in total. The lowest BCUT2D eigenvalue weighted by Gasteiger charge is -2.14. The minimum Gasteiger partial charge on any atom is -0.455 e. The first-order chi connectivity index (χ1) is 39.2. The highest BCUT2D eigenvalue weighted by molar-refractivity contribution is 6.08. The molecule has 10 rings (SSSR count). The van der Waals surface area contributed by atoms with Gasteiger partial charge in [-0.05, 0) is 51.2 Å². The third-order valence-corrected chi connectivity index (χ3v) is 7.99. The van der Waals surface area contributed by atoms with Crippen molar-refractivity contribution < 1.29 is 46.9 Å². The van der Waals surface area contributed by atoms with Gasteiger partial charge in [-0.25, -0.2) is 4.98 Å². The standard InChI is InChI=1S/C50H32N2O/c1-4-14-33(15-5-1)45-46(50(37-18-8-3-9-19-37)53-49(45)36-16-6-2-7-17-36)39-21-12-20-38(32-39)40-28-29-43(42-24-11-10-23-41(40)42)44-30-27-35-26-25-34-22-13-31-51-47(34)48(35)52-44/h1-32H/i1D,2D,3D,4D,5D,6D,7D,8D,9D,10D,11D,12D,13D,14D,15D,16D,17D,18D,20D,21D,22D,23D,24D,25D,26D,27D,28D,29D,30D,31D,32D. The first kappa shape index (κ1) is 12.5. The zero-order valence-electron chi connectivity index (χ0n) is 57.4. The summed E-state index contributed by atoms with van der Waals surface area (Å²) in [5.74, 6) is -1.91. The van der Waals surface area contributed by atoms with E-state index < -0.39 is 287 Å². The summed E-state index contributed by atoms with van der Waals surface area (Å²) >= 11 is 0. The Morgan fingerprint density at radius 1 is 0.415 bits per heavy atom. The Labute approximate surface area is 351 Å². The summed E-state index contributed by atoms with van der Waals surface area (Å²) in [7, 11) is 0. The number of benzene rings is 7. The van der Waals surface area contributed by atoms with Crippen molar-refractivity contribution in [1.29, 1.82) is 0 Å². The van der Waals surface area contributed by atoms with Gasteiger partial charge in [0.05, 0.1) is 59.2 Å². The molecule has 0 bridgehead atoms. The number of rotatable bonds is 6. The molecule has 0 radical (unpaired) electrons. The van der Waals surface area contributed by atoms with Gasteiger partial charge in [0.25, 0.3) is 0 Å². The third-order valence-electron chi connectivity index (χ3n) is 7.99. The van der Waals surface area contributed by atoms with Crippen molar-refractivity contribution in [2.24, 2.45) is 0 Å². The molecule has 53 heavy (non-hydrogen) atoms.